The lowest BCUT2D eigenvalue weighted by Gasteiger charge is -2.38. The van der Waals surface area contributed by atoms with E-state index in [2.05, 4.69) is 62.9 Å². The van der Waals surface area contributed by atoms with Crippen molar-refractivity contribution in [1.29, 1.82) is 0 Å². The van der Waals surface area contributed by atoms with Crippen molar-refractivity contribution in [3.05, 3.63) is 64.2 Å². The van der Waals surface area contributed by atoms with E-state index in [4.69, 9.17) is 4.74 Å². The third-order valence-electron chi connectivity index (χ3n) is 5.95. The Bertz CT molecular complexity index is 869. The molecule has 0 saturated carbocycles. The highest BCUT2D eigenvalue weighted by Gasteiger charge is 2.30. The molecule has 4 nitrogen and oxygen atoms in total. The summed E-state index contributed by atoms with van der Waals surface area (Å²) in [5.41, 5.74) is 7.35. The first-order chi connectivity index (χ1) is 14.4. The normalized spacial score (nSPS) is 15.4. The van der Waals surface area contributed by atoms with E-state index in [0.717, 1.165) is 50.1 Å². The van der Waals surface area contributed by atoms with E-state index < -0.39 is 6.10 Å². The van der Waals surface area contributed by atoms with Gasteiger partial charge >= 0.3 is 0 Å². The molecule has 162 valence electrons. The standard InChI is InChI=1S/C26H36N2O2/c1-6-8-22-18-20(4)10-12-24(22)27-13-15-28(16-14-27)26(29)25(30-7-2)23-11-9-19(3)17-21(23)5/h9-12,17-18,25H,6-8,13-16H2,1-5H3. The van der Waals surface area contributed by atoms with Crippen LogP contribution in [0.25, 0.3) is 0 Å². The highest BCUT2D eigenvalue weighted by molar-refractivity contribution is 5.83. The Labute approximate surface area is 181 Å². The molecule has 0 aliphatic carbocycles. The molecule has 1 aliphatic heterocycles. The maximum atomic E-state index is 13.4. The number of ether oxygens (including phenoxy) is 1. The quantitative estimate of drug-likeness (QED) is 0.647. The predicted octanol–water partition coefficient (Wildman–Crippen LogP) is 4.99. The molecule has 2 aromatic rings. The van der Waals surface area contributed by atoms with Gasteiger partial charge in [-0.15, -0.1) is 0 Å². The Morgan fingerprint density at radius 1 is 0.967 bits per heavy atom. The number of anilines is 1. The number of benzene rings is 2. The molecule has 0 spiro atoms. The zero-order valence-electron chi connectivity index (χ0n) is 19.2. The van der Waals surface area contributed by atoms with Crippen molar-refractivity contribution in [2.45, 2.75) is 53.6 Å². The van der Waals surface area contributed by atoms with E-state index in [1.165, 1.54) is 22.4 Å². The van der Waals surface area contributed by atoms with Crippen LogP contribution in [0.1, 0.15) is 54.2 Å². The van der Waals surface area contributed by atoms with Crippen molar-refractivity contribution in [1.82, 2.24) is 4.90 Å². The molecule has 1 heterocycles. The van der Waals surface area contributed by atoms with Crippen molar-refractivity contribution in [2.24, 2.45) is 0 Å². The summed E-state index contributed by atoms with van der Waals surface area (Å²) < 4.78 is 5.93. The van der Waals surface area contributed by atoms with Crippen LogP contribution in [-0.4, -0.2) is 43.6 Å². The molecule has 3 rings (SSSR count). The van der Waals surface area contributed by atoms with Crippen molar-refractivity contribution in [3.8, 4) is 0 Å². The van der Waals surface area contributed by atoms with E-state index in [9.17, 15) is 4.79 Å². The number of hydrogen-bond donors (Lipinski definition) is 0. The van der Waals surface area contributed by atoms with Gasteiger partial charge in [0, 0.05) is 38.5 Å². The monoisotopic (exact) mass is 408 g/mol. The number of carbonyl (C=O) groups excluding carboxylic acids is 1. The van der Waals surface area contributed by atoms with Gasteiger partial charge < -0.3 is 14.5 Å². The molecule has 2 aromatic carbocycles. The summed E-state index contributed by atoms with van der Waals surface area (Å²) in [7, 11) is 0. The second-order valence-electron chi connectivity index (χ2n) is 8.39. The fourth-order valence-electron chi connectivity index (χ4n) is 4.41. The molecule has 0 aromatic heterocycles. The van der Waals surface area contributed by atoms with Crippen molar-refractivity contribution >= 4 is 11.6 Å². The number of piperazine rings is 1. The second kappa shape index (κ2) is 10.1. The Balaban J connectivity index is 1.72. The fourth-order valence-corrected chi connectivity index (χ4v) is 4.41. The Hall–Kier alpha value is -2.33. The molecule has 0 bridgehead atoms. The number of aryl methyl sites for hydroxylation is 4. The smallest absolute Gasteiger partial charge is 0.256 e. The summed E-state index contributed by atoms with van der Waals surface area (Å²) in [5.74, 6) is 0.0844. The van der Waals surface area contributed by atoms with Gasteiger partial charge in [-0.3, -0.25) is 4.79 Å². The molecule has 1 fully saturated rings. The third-order valence-corrected chi connectivity index (χ3v) is 5.95. The van der Waals surface area contributed by atoms with E-state index >= 15 is 0 Å². The summed E-state index contributed by atoms with van der Waals surface area (Å²) >= 11 is 0. The molecule has 0 radical (unpaired) electrons. The minimum absolute atomic E-state index is 0.0844. The first kappa shape index (κ1) is 22.4. The molecular formula is C26H36N2O2. The van der Waals surface area contributed by atoms with Gasteiger partial charge in [-0.2, -0.15) is 0 Å². The molecule has 1 aliphatic rings. The molecular weight excluding hydrogens is 372 g/mol. The zero-order chi connectivity index (χ0) is 21.7. The lowest BCUT2D eigenvalue weighted by molar-refractivity contribution is -0.144. The molecule has 30 heavy (non-hydrogen) atoms. The topological polar surface area (TPSA) is 32.8 Å². The van der Waals surface area contributed by atoms with Gasteiger partial charge in [0.2, 0.25) is 0 Å². The molecule has 1 saturated heterocycles. The van der Waals surface area contributed by atoms with Gasteiger partial charge in [-0.05, 0) is 56.9 Å². The van der Waals surface area contributed by atoms with E-state index in [1.807, 2.05) is 17.9 Å². The molecule has 4 heteroatoms. The van der Waals surface area contributed by atoms with Crippen LogP contribution in [0.4, 0.5) is 5.69 Å². The van der Waals surface area contributed by atoms with Crippen LogP contribution in [0.2, 0.25) is 0 Å². The molecule has 0 N–H and O–H groups in total. The van der Waals surface area contributed by atoms with Crippen molar-refractivity contribution < 1.29 is 9.53 Å². The number of nitrogens with zero attached hydrogens (tertiary/aromatic N) is 2. The summed E-state index contributed by atoms with van der Waals surface area (Å²) in [6.07, 6.45) is 1.72. The Morgan fingerprint density at radius 2 is 1.63 bits per heavy atom. The maximum absolute atomic E-state index is 13.4. The van der Waals surface area contributed by atoms with Crippen LogP contribution in [-0.2, 0) is 16.0 Å². The van der Waals surface area contributed by atoms with Crippen LogP contribution in [0.3, 0.4) is 0 Å². The van der Waals surface area contributed by atoms with Gasteiger partial charge in [-0.25, -0.2) is 0 Å². The lowest BCUT2D eigenvalue weighted by atomic mass is 9.99. The van der Waals surface area contributed by atoms with Crippen molar-refractivity contribution in [3.63, 3.8) is 0 Å². The van der Waals surface area contributed by atoms with Crippen LogP contribution in [0, 0.1) is 20.8 Å². The zero-order valence-corrected chi connectivity index (χ0v) is 19.2. The minimum atomic E-state index is -0.517. The molecule has 1 amide bonds. The van der Waals surface area contributed by atoms with Gasteiger partial charge in [-0.1, -0.05) is 54.8 Å². The Morgan fingerprint density at radius 3 is 2.27 bits per heavy atom. The van der Waals surface area contributed by atoms with E-state index in [1.54, 1.807) is 0 Å². The van der Waals surface area contributed by atoms with Crippen LogP contribution in [0.5, 0.6) is 0 Å². The van der Waals surface area contributed by atoms with Crippen LogP contribution in [0.15, 0.2) is 36.4 Å². The maximum Gasteiger partial charge on any atom is 0.256 e. The first-order valence-corrected chi connectivity index (χ1v) is 11.3. The van der Waals surface area contributed by atoms with Crippen LogP contribution < -0.4 is 4.90 Å². The van der Waals surface area contributed by atoms with Gasteiger partial charge in [0.05, 0.1) is 0 Å². The predicted molar refractivity (Wildman–Crippen MR) is 124 cm³/mol. The van der Waals surface area contributed by atoms with Gasteiger partial charge in [0.15, 0.2) is 6.10 Å². The third kappa shape index (κ3) is 5.04. The van der Waals surface area contributed by atoms with Gasteiger partial charge in [0.1, 0.15) is 0 Å². The highest BCUT2D eigenvalue weighted by Crippen LogP contribution is 2.28. The minimum Gasteiger partial charge on any atom is -0.368 e. The first-order valence-electron chi connectivity index (χ1n) is 11.3. The highest BCUT2D eigenvalue weighted by atomic mass is 16.5. The largest absolute Gasteiger partial charge is 0.368 e. The average molecular weight is 409 g/mol. The molecule has 1 unspecified atom stereocenters. The average Bonchev–Trinajstić information content (AvgIpc) is 2.73. The summed E-state index contributed by atoms with van der Waals surface area (Å²) in [4.78, 5) is 17.8. The number of hydrogen-bond acceptors (Lipinski definition) is 3. The summed E-state index contributed by atoms with van der Waals surface area (Å²) in [6.45, 7) is 14.2. The number of rotatable bonds is 7. The number of carbonyl (C=O) groups is 1. The number of amides is 1. The van der Waals surface area contributed by atoms with E-state index in [-0.39, 0.29) is 5.91 Å². The second-order valence-corrected chi connectivity index (χ2v) is 8.39. The van der Waals surface area contributed by atoms with Crippen LogP contribution >= 0.6 is 0 Å². The SMILES string of the molecule is CCCc1cc(C)ccc1N1CCN(C(=O)C(OCC)c2ccc(C)cc2C)CC1. The van der Waals surface area contributed by atoms with Gasteiger partial charge in [0.25, 0.3) is 5.91 Å². The lowest BCUT2D eigenvalue weighted by Crippen LogP contribution is -2.50. The molecule has 1 atom stereocenters. The fraction of sp³-hybridized carbons (Fsp3) is 0.500. The Kier molecular flexibility index (Phi) is 7.54. The van der Waals surface area contributed by atoms with Crippen molar-refractivity contribution in [2.75, 3.05) is 37.7 Å². The summed E-state index contributed by atoms with van der Waals surface area (Å²) in [6, 6.07) is 13.0. The summed E-state index contributed by atoms with van der Waals surface area (Å²) in [5, 5.41) is 0. The van der Waals surface area contributed by atoms with E-state index in [0.29, 0.717) is 6.61 Å².